The first-order valence-electron chi connectivity index (χ1n) is 10.3. The van der Waals surface area contributed by atoms with Crippen LogP contribution < -0.4 is 11.1 Å². The molecule has 3 N–H and O–H groups in total. The topological polar surface area (TPSA) is 67.6 Å². The summed E-state index contributed by atoms with van der Waals surface area (Å²) in [5, 5.41) is 3.01. The highest BCUT2D eigenvalue weighted by atomic mass is 16.5. The number of likely N-dealkylation sites (tertiary alicyclic amines) is 1. The zero-order chi connectivity index (χ0) is 19.7. The normalized spacial score (nSPS) is 28.6. The molecule has 1 saturated carbocycles. The van der Waals surface area contributed by atoms with Crippen LogP contribution in [0.2, 0.25) is 0 Å². The standard InChI is InChI=1S/C22H35N3O2/c1-5-27-19-14-22(23,21(19,3)4)20(26)24-18-8-6-17(7-9-18)15-25-12-10-16(2)11-13-25/h6-9,16,19H,5,10-15,23H2,1-4H3,(H,24,26). The fourth-order valence-corrected chi connectivity index (χ4v) is 4.24. The van der Waals surface area contributed by atoms with Crippen LogP contribution in [0.4, 0.5) is 5.69 Å². The van der Waals surface area contributed by atoms with Crippen molar-refractivity contribution in [2.45, 2.75) is 65.1 Å². The van der Waals surface area contributed by atoms with Crippen LogP contribution in [0.3, 0.4) is 0 Å². The van der Waals surface area contributed by atoms with E-state index in [-0.39, 0.29) is 17.4 Å². The van der Waals surface area contributed by atoms with Gasteiger partial charge in [-0.15, -0.1) is 0 Å². The summed E-state index contributed by atoms with van der Waals surface area (Å²) in [4.78, 5) is 15.3. The number of carbonyl (C=O) groups excluding carboxylic acids is 1. The quantitative estimate of drug-likeness (QED) is 0.802. The largest absolute Gasteiger partial charge is 0.378 e. The van der Waals surface area contributed by atoms with E-state index in [9.17, 15) is 4.79 Å². The predicted octanol–water partition coefficient (Wildman–Crippen LogP) is 3.39. The van der Waals surface area contributed by atoms with Crippen molar-refractivity contribution in [2.75, 3.05) is 25.0 Å². The van der Waals surface area contributed by atoms with E-state index < -0.39 is 5.54 Å². The Hall–Kier alpha value is -1.43. The fourth-order valence-electron chi connectivity index (χ4n) is 4.24. The van der Waals surface area contributed by atoms with Gasteiger partial charge in [0.25, 0.3) is 0 Å². The number of anilines is 1. The van der Waals surface area contributed by atoms with E-state index in [2.05, 4.69) is 29.3 Å². The second-order valence-corrected chi connectivity index (χ2v) is 8.95. The summed E-state index contributed by atoms with van der Waals surface area (Å²) in [6, 6.07) is 8.17. The molecule has 27 heavy (non-hydrogen) atoms. The molecule has 0 radical (unpaired) electrons. The summed E-state index contributed by atoms with van der Waals surface area (Å²) in [7, 11) is 0. The van der Waals surface area contributed by atoms with Gasteiger partial charge in [-0.3, -0.25) is 9.69 Å². The van der Waals surface area contributed by atoms with Crippen LogP contribution >= 0.6 is 0 Å². The molecule has 0 spiro atoms. The molecule has 1 saturated heterocycles. The molecule has 1 aliphatic carbocycles. The zero-order valence-electron chi connectivity index (χ0n) is 17.3. The van der Waals surface area contributed by atoms with E-state index in [1.807, 2.05) is 32.9 Å². The maximum atomic E-state index is 12.8. The Morgan fingerprint density at radius 1 is 1.26 bits per heavy atom. The first-order valence-corrected chi connectivity index (χ1v) is 10.3. The molecule has 2 aliphatic rings. The number of piperidine rings is 1. The average Bonchev–Trinajstić information content (AvgIpc) is 2.64. The molecule has 1 amide bonds. The van der Waals surface area contributed by atoms with Gasteiger partial charge < -0.3 is 15.8 Å². The van der Waals surface area contributed by atoms with Gasteiger partial charge in [-0.2, -0.15) is 0 Å². The number of amides is 1. The van der Waals surface area contributed by atoms with Crippen LogP contribution in [0, 0.1) is 11.3 Å². The average molecular weight is 374 g/mol. The summed E-state index contributed by atoms with van der Waals surface area (Å²) in [5.74, 6) is 0.724. The van der Waals surface area contributed by atoms with E-state index in [0.29, 0.717) is 13.0 Å². The van der Waals surface area contributed by atoms with Crippen LogP contribution in [-0.2, 0) is 16.1 Å². The third-order valence-electron chi connectivity index (χ3n) is 6.73. The summed E-state index contributed by atoms with van der Waals surface area (Å²) in [6.45, 7) is 12.3. The SMILES string of the molecule is CCOC1CC(N)(C(=O)Nc2ccc(CN3CCC(C)CC3)cc2)C1(C)C. The Labute approximate surface area is 163 Å². The highest BCUT2D eigenvalue weighted by Crippen LogP contribution is 2.50. The van der Waals surface area contributed by atoms with E-state index >= 15 is 0 Å². The number of hydrogen-bond donors (Lipinski definition) is 2. The van der Waals surface area contributed by atoms with Crippen molar-refractivity contribution < 1.29 is 9.53 Å². The van der Waals surface area contributed by atoms with Gasteiger partial charge in [0.2, 0.25) is 5.91 Å². The molecule has 1 aromatic carbocycles. The number of nitrogens with zero attached hydrogens (tertiary/aromatic N) is 1. The van der Waals surface area contributed by atoms with Crippen molar-refractivity contribution in [1.82, 2.24) is 4.90 Å². The van der Waals surface area contributed by atoms with Crippen LogP contribution in [0.5, 0.6) is 0 Å². The summed E-state index contributed by atoms with van der Waals surface area (Å²) < 4.78 is 5.72. The Bertz CT molecular complexity index is 650. The molecule has 0 bridgehead atoms. The van der Waals surface area contributed by atoms with Crippen molar-refractivity contribution in [3.05, 3.63) is 29.8 Å². The van der Waals surface area contributed by atoms with E-state index in [4.69, 9.17) is 10.5 Å². The lowest BCUT2D eigenvalue weighted by molar-refractivity contribution is -0.166. The minimum atomic E-state index is -0.893. The van der Waals surface area contributed by atoms with Gasteiger partial charge in [0.05, 0.1) is 6.10 Å². The Morgan fingerprint density at radius 2 is 1.89 bits per heavy atom. The first-order chi connectivity index (χ1) is 12.8. The third-order valence-corrected chi connectivity index (χ3v) is 6.73. The second kappa shape index (κ2) is 7.90. The highest BCUT2D eigenvalue weighted by Gasteiger charge is 2.62. The van der Waals surface area contributed by atoms with Crippen molar-refractivity contribution in [2.24, 2.45) is 17.1 Å². The third kappa shape index (κ3) is 4.05. The van der Waals surface area contributed by atoms with Gasteiger partial charge in [0.15, 0.2) is 0 Å². The first kappa shape index (κ1) is 20.3. The summed E-state index contributed by atoms with van der Waals surface area (Å²) in [6.07, 6.45) is 3.16. The molecule has 5 heteroatoms. The lowest BCUT2D eigenvalue weighted by Crippen LogP contribution is -2.74. The maximum absolute atomic E-state index is 12.8. The second-order valence-electron chi connectivity index (χ2n) is 8.95. The predicted molar refractivity (Wildman–Crippen MR) is 109 cm³/mol. The Balaban J connectivity index is 1.56. The highest BCUT2D eigenvalue weighted by molar-refractivity contribution is 5.99. The maximum Gasteiger partial charge on any atom is 0.245 e. The molecule has 2 atom stereocenters. The molecular formula is C22H35N3O2. The fraction of sp³-hybridized carbons (Fsp3) is 0.682. The number of nitrogens with one attached hydrogen (secondary N) is 1. The van der Waals surface area contributed by atoms with E-state index in [0.717, 1.165) is 18.2 Å². The molecule has 1 heterocycles. The molecule has 0 aromatic heterocycles. The number of nitrogens with two attached hydrogens (primary N) is 1. The number of rotatable bonds is 6. The van der Waals surface area contributed by atoms with Crippen LogP contribution in [-0.4, -0.2) is 42.1 Å². The minimum Gasteiger partial charge on any atom is -0.378 e. The molecule has 1 aromatic rings. The zero-order valence-corrected chi connectivity index (χ0v) is 17.3. The van der Waals surface area contributed by atoms with Gasteiger partial charge in [-0.1, -0.05) is 32.9 Å². The lowest BCUT2D eigenvalue weighted by Gasteiger charge is -2.57. The number of carbonyl (C=O) groups is 1. The van der Waals surface area contributed by atoms with Crippen molar-refractivity contribution in [1.29, 1.82) is 0 Å². The molecule has 1 aliphatic heterocycles. The molecule has 150 valence electrons. The Kier molecular flexibility index (Phi) is 5.94. The van der Waals surface area contributed by atoms with Crippen molar-refractivity contribution in [3.63, 3.8) is 0 Å². The molecule has 3 rings (SSSR count). The monoisotopic (exact) mass is 373 g/mol. The minimum absolute atomic E-state index is 0.0351. The summed E-state index contributed by atoms with van der Waals surface area (Å²) in [5.41, 5.74) is 7.27. The van der Waals surface area contributed by atoms with Crippen LogP contribution in [0.15, 0.2) is 24.3 Å². The number of hydrogen-bond acceptors (Lipinski definition) is 4. The number of benzene rings is 1. The van der Waals surface area contributed by atoms with Gasteiger partial charge in [0, 0.05) is 30.7 Å². The van der Waals surface area contributed by atoms with Crippen LogP contribution in [0.25, 0.3) is 0 Å². The number of ether oxygens (including phenoxy) is 1. The van der Waals surface area contributed by atoms with Gasteiger partial charge in [-0.05, 0) is 56.5 Å². The summed E-state index contributed by atoms with van der Waals surface area (Å²) >= 11 is 0. The van der Waals surface area contributed by atoms with E-state index in [1.165, 1.54) is 31.5 Å². The Morgan fingerprint density at radius 3 is 2.44 bits per heavy atom. The molecular weight excluding hydrogens is 338 g/mol. The molecule has 2 unspecified atom stereocenters. The van der Waals surface area contributed by atoms with Crippen molar-refractivity contribution >= 4 is 11.6 Å². The van der Waals surface area contributed by atoms with Gasteiger partial charge in [0.1, 0.15) is 5.54 Å². The van der Waals surface area contributed by atoms with Gasteiger partial charge >= 0.3 is 0 Å². The molecule has 5 nitrogen and oxygen atoms in total. The molecule has 2 fully saturated rings. The lowest BCUT2D eigenvalue weighted by atomic mass is 9.54. The van der Waals surface area contributed by atoms with Crippen LogP contribution in [0.1, 0.15) is 52.5 Å². The smallest absolute Gasteiger partial charge is 0.245 e. The van der Waals surface area contributed by atoms with Crippen molar-refractivity contribution in [3.8, 4) is 0 Å². The van der Waals surface area contributed by atoms with E-state index in [1.54, 1.807) is 0 Å². The van der Waals surface area contributed by atoms with Gasteiger partial charge in [-0.25, -0.2) is 0 Å².